The first kappa shape index (κ1) is 15.6. The topological polar surface area (TPSA) is 92.5 Å². The second-order valence-electron chi connectivity index (χ2n) is 5.16. The Morgan fingerprint density at radius 1 is 1.48 bits per heavy atom. The van der Waals surface area contributed by atoms with Gasteiger partial charge in [-0.3, -0.25) is 14.9 Å². The summed E-state index contributed by atoms with van der Waals surface area (Å²) in [6, 6.07) is 3.78. The minimum atomic E-state index is -0.679. The van der Waals surface area contributed by atoms with Crippen LogP contribution in [0.25, 0.3) is 0 Å². The zero-order valence-corrected chi connectivity index (χ0v) is 12.6. The van der Waals surface area contributed by atoms with E-state index in [1.165, 1.54) is 12.5 Å². The van der Waals surface area contributed by atoms with E-state index in [2.05, 4.69) is 11.6 Å². The molecule has 0 aromatic heterocycles. The van der Waals surface area contributed by atoms with Crippen molar-refractivity contribution in [2.24, 2.45) is 0 Å². The number of carbonyl (C=O) groups is 1. The number of nitrogens with zero attached hydrogens (tertiary/aromatic N) is 1. The summed E-state index contributed by atoms with van der Waals surface area (Å²) in [6.45, 7) is 0. The van der Waals surface area contributed by atoms with Crippen LogP contribution >= 0.6 is 11.8 Å². The molecule has 0 spiro atoms. The maximum atomic E-state index is 12.1. The van der Waals surface area contributed by atoms with E-state index in [9.17, 15) is 20.0 Å². The monoisotopic (exact) mass is 310 g/mol. The largest absolute Gasteiger partial charge is 0.502 e. The zero-order chi connectivity index (χ0) is 15.4. The first-order chi connectivity index (χ1) is 10.0. The van der Waals surface area contributed by atoms with Crippen LogP contribution < -0.4 is 5.32 Å². The second-order valence-corrected chi connectivity index (χ2v) is 6.29. The van der Waals surface area contributed by atoms with Gasteiger partial charge in [-0.15, -0.1) is 0 Å². The zero-order valence-electron chi connectivity index (χ0n) is 11.7. The number of aromatic hydroxyl groups is 1. The average molecular weight is 310 g/mol. The average Bonchev–Trinajstić information content (AvgIpc) is 2.46. The Kier molecular flexibility index (Phi) is 5.06. The molecule has 1 aliphatic carbocycles. The molecule has 0 saturated heterocycles. The fraction of sp³-hybridized carbons (Fsp3) is 0.500. The van der Waals surface area contributed by atoms with E-state index in [1.54, 1.807) is 0 Å². The molecule has 21 heavy (non-hydrogen) atoms. The quantitative estimate of drug-likeness (QED) is 0.659. The summed E-state index contributed by atoms with van der Waals surface area (Å²) in [5.41, 5.74) is -0.156. The Morgan fingerprint density at radius 3 is 2.86 bits per heavy atom. The minimum Gasteiger partial charge on any atom is -0.502 e. The third-order valence-electron chi connectivity index (χ3n) is 3.73. The summed E-state index contributed by atoms with van der Waals surface area (Å²) < 4.78 is 0. The number of hydrogen-bond acceptors (Lipinski definition) is 5. The Bertz CT molecular complexity index is 550. The predicted octanol–water partition coefficient (Wildman–Crippen LogP) is 2.70. The molecule has 0 heterocycles. The minimum absolute atomic E-state index is 0.126. The fourth-order valence-electron chi connectivity index (χ4n) is 2.58. The van der Waals surface area contributed by atoms with Crippen LogP contribution in [-0.4, -0.2) is 33.5 Å². The van der Waals surface area contributed by atoms with Gasteiger partial charge in [-0.05, 0) is 37.7 Å². The third kappa shape index (κ3) is 3.87. The highest BCUT2D eigenvalue weighted by atomic mass is 32.2. The lowest BCUT2D eigenvalue weighted by Crippen LogP contribution is -2.39. The number of phenols is 1. The van der Waals surface area contributed by atoms with Crippen LogP contribution in [0.3, 0.4) is 0 Å². The number of hydrogen-bond donors (Lipinski definition) is 2. The van der Waals surface area contributed by atoms with Crippen molar-refractivity contribution in [3.05, 3.63) is 33.9 Å². The molecule has 0 aliphatic heterocycles. The molecular formula is C14H18N2O4S. The van der Waals surface area contributed by atoms with Crippen molar-refractivity contribution in [1.29, 1.82) is 0 Å². The van der Waals surface area contributed by atoms with Crippen LogP contribution in [-0.2, 0) is 0 Å². The number of nitrogens with one attached hydrogen (secondary N) is 1. The van der Waals surface area contributed by atoms with Crippen LogP contribution in [0.1, 0.15) is 36.0 Å². The van der Waals surface area contributed by atoms with Crippen LogP contribution in [0.5, 0.6) is 5.75 Å². The van der Waals surface area contributed by atoms with Crippen molar-refractivity contribution >= 4 is 23.4 Å². The van der Waals surface area contributed by atoms with Gasteiger partial charge in [0.25, 0.3) is 5.91 Å². The fourth-order valence-corrected chi connectivity index (χ4v) is 3.41. The van der Waals surface area contributed by atoms with E-state index < -0.39 is 16.4 Å². The van der Waals surface area contributed by atoms with Crippen molar-refractivity contribution < 1.29 is 14.8 Å². The second kappa shape index (κ2) is 6.80. The molecule has 1 aliphatic rings. The summed E-state index contributed by atoms with van der Waals surface area (Å²) in [7, 11) is 0. The standard InChI is InChI=1S/C14H18N2O4S/c1-21-11-4-2-3-10(8-11)15-14(18)9-5-6-12(16(19)20)13(17)7-9/h5-7,10-11,17H,2-4,8H2,1H3,(H,15,18). The Morgan fingerprint density at radius 2 is 2.24 bits per heavy atom. The summed E-state index contributed by atoms with van der Waals surface area (Å²) in [5, 5.41) is 23.7. The number of benzene rings is 1. The predicted molar refractivity (Wildman–Crippen MR) is 81.8 cm³/mol. The highest BCUT2D eigenvalue weighted by Gasteiger charge is 2.23. The molecule has 2 unspecified atom stereocenters. The molecule has 1 aromatic rings. The Balaban J connectivity index is 2.03. The number of amides is 1. The number of thioether (sulfide) groups is 1. The van der Waals surface area contributed by atoms with Gasteiger partial charge in [0.1, 0.15) is 0 Å². The highest BCUT2D eigenvalue weighted by molar-refractivity contribution is 7.99. The van der Waals surface area contributed by atoms with Gasteiger partial charge < -0.3 is 10.4 Å². The number of nitro groups is 1. The molecule has 1 aromatic carbocycles. The SMILES string of the molecule is CSC1CCCC(NC(=O)c2ccc([N+](=O)[O-])c(O)c2)C1. The lowest BCUT2D eigenvalue weighted by molar-refractivity contribution is -0.385. The maximum Gasteiger partial charge on any atom is 0.310 e. The molecule has 0 radical (unpaired) electrons. The lowest BCUT2D eigenvalue weighted by atomic mass is 9.94. The first-order valence-corrected chi connectivity index (χ1v) is 8.11. The van der Waals surface area contributed by atoms with E-state index in [4.69, 9.17) is 0 Å². The molecule has 1 saturated carbocycles. The maximum absolute atomic E-state index is 12.1. The van der Waals surface area contributed by atoms with Crippen LogP contribution in [0.4, 0.5) is 5.69 Å². The molecule has 7 heteroatoms. The van der Waals surface area contributed by atoms with Crippen LogP contribution in [0, 0.1) is 10.1 Å². The number of carbonyl (C=O) groups excluding carboxylic acids is 1. The molecule has 114 valence electrons. The van der Waals surface area contributed by atoms with Crippen molar-refractivity contribution in [2.75, 3.05) is 6.26 Å². The smallest absolute Gasteiger partial charge is 0.310 e. The van der Waals surface area contributed by atoms with E-state index in [1.807, 2.05) is 11.8 Å². The van der Waals surface area contributed by atoms with Crippen molar-refractivity contribution in [3.8, 4) is 5.75 Å². The van der Waals surface area contributed by atoms with Gasteiger partial charge in [0.15, 0.2) is 5.75 Å². The molecular weight excluding hydrogens is 292 g/mol. The number of phenolic OH excluding ortho intramolecular Hbond substituents is 1. The van der Waals surface area contributed by atoms with E-state index in [-0.39, 0.29) is 17.5 Å². The number of rotatable bonds is 4. The van der Waals surface area contributed by atoms with E-state index in [0.29, 0.717) is 5.25 Å². The van der Waals surface area contributed by atoms with Gasteiger partial charge in [0.05, 0.1) is 4.92 Å². The van der Waals surface area contributed by atoms with Gasteiger partial charge in [0, 0.05) is 22.9 Å². The van der Waals surface area contributed by atoms with Crippen LogP contribution in [0.2, 0.25) is 0 Å². The summed E-state index contributed by atoms with van der Waals surface area (Å²) in [4.78, 5) is 22.1. The van der Waals surface area contributed by atoms with Crippen molar-refractivity contribution in [1.82, 2.24) is 5.32 Å². The van der Waals surface area contributed by atoms with E-state index in [0.717, 1.165) is 31.4 Å². The molecule has 2 atom stereocenters. The van der Waals surface area contributed by atoms with E-state index >= 15 is 0 Å². The van der Waals surface area contributed by atoms with Gasteiger partial charge in [-0.2, -0.15) is 11.8 Å². The van der Waals surface area contributed by atoms with Crippen molar-refractivity contribution in [2.45, 2.75) is 37.0 Å². The number of nitro benzene ring substituents is 1. The Hall–Kier alpha value is -1.76. The van der Waals surface area contributed by atoms with Gasteiger partial charge >= 0.3 is 5.69 Å². The molecule has 6 nitrogen and oxygen atoms in total. The molecule has 2 rings (SSSR count). The highest BCUT2D eigenvalue weighted by Crippen LogP contribution is 2.28. The normalized spacial score (nSPS) is 21.8. The molecule has 0 bridgehead atoms. The molecule has 1 amide bonds. The van der Waals surface area contributed by atoms with Crippen molar-refractivity contribution in [3.63, 3.8) is 0 Å². The van der Waals surface area contributed by atoms with Gasteiger partial charge in [-0.1, -0.05) is 6.42 Å². The third-order valence-corrected chi connectivity index (χ3v) is 4.82. The first-order valence-electron chi connectivity index (χ1n) is 6.82. The Labute approximate surface area is 127 Å². The summed E-state index contributed by atoms with van der Waals surface area (Å²) in [6.07, 6.45) is 6.21. The molecule has 2 N–H and O–H groups in total. The van der Waals surface area contributed by atoms with Gasteiger partial charge in [-0.25, -0.2) is 0 Å². The molecule has 1 fully saturated rings. The lowest BCUT2D eigenvalue weighted by Gasteiger charge is -2.28. The van der Waals surface area contributed by atoms with Crippen LogP contribution in [0.15, 0.2) is 18.2 Å². The summed E-state index contributed by atoms with van der Waals surface area (Å²) in [5.74, 6) is -0.787. The summed E-state index contributed by atoms with van der Waals surface area (Å²) >= 11 is 1.81. The van der Waals surface area contributed by atoms with Gasteiger partial charge in [0.2, 0.25) is 0 Å².